The smallest absolute Gasteiger partial charge is 0.337 e. The van der Waals surface area contributed by atoms with E-state index in [9.17, 15) is 13.8 Å². The number of rotatable bonds is 2. The Morgan fingerprint density at radius 1 is 1.30 bits per heavy atom. The summed E-state index contributed by atoms with van der Waals surface area (Å²) < 4.78 is 11.2. The van der Waals surface area contributed by atoms with Gasteiger partial charge in [0, 0.05) is 41.1 Å². The molecule has 0 unspecified atom stereocenters. The zero-order valence-electron chi connectivity index (χ0n) is 10.5. The highest BCUT2D eigenvalue weighted by molar-refractivity contribution is 7.85. The van der Waals surface area contributed by atoms with Crippen molar-refractivity contribution in [1.29, 1.82) is 0 Å². The molecule has 20 heavy (non-hydrogen) atoms. The van der Waals surface area contributed by atoms with Gasteiger partial charge in [0.05, 0.1) is 10.6 Å². The largest absolute Gasteiger partial charge is 0.478 e. The fourth-order valence-corrected chi connectivity index (χ4v) is 3.12. The molecule has 0 aliphatic carbocycles. The number of nitrogens with zero attached hydrogens (tertiary/aromatic N) is 1. The van der Waals surface area contributed by atoms with Gasteiger partial charge in [-0.15, -0.1) is 0 Å². The molecule has 2 N–H and O–H groups in total. The number of amides is 2. The highest BCUT2D eigenvalue weighted by Crippen LogP contribution is 2.21. The van der Waals surface area contributed by atoms with Gasteiger partial charge in [-0.05, 0) is 18.2 Å². The number of hydrogen-bond acceptors (Lipinski definition) is 3. The molecule has 8 heteroatoms. The number of carboxylic acids is 1. The van der Waals surface area contributed by atoms with Crippen LogP contribution in [0, 0.1) is 0 Å². The number of carbonyl (C=O) groups is 2. The molecule has 2 amide bonds. The van der Waals surface area contributed by atoms with Crippen LogP contribution in [0.1, 0.15) is 10.4 Å². The Morgan fingerprint density at radius 2 is 1.95 bits per heavy atom. The minimum atomic E-state index is -1.12. The second-order valence-corrected chi connectivity index (χ2v) is 6.37. The zero-order chi connectivity index (χ0) is 14.7. The standard InChI is InChI=1S/C12H13ClN2O4S/c13-10-7-8(1-2-9(10)11(16)17)14-12(18)15-3-5-20(19)6-4-15/h1-2,7H,3-6H2,(H,14,18)(H,16,17). The van der Waals surface area contributed by atoms with Gasteiger partial charge in [0.1, 0.15) is 0 Å². The molecule has 0 saturated carbocycles. The zero-order valence-corrected chi connectivity index (χ0v) is 12.0. The third-order valence-corrected chi connectivity index (χ3v) is 4.50. The molecule has 1 heterocycles. The van der Waals surface area contributed by atoms with Crippen LogP contribution in [0.15, 0.2) is 18.2 Å². The molecule has 1 saturated heterocycles. The van der Waals surface area contributed by atoms with E-state index in [2.05, 4.69) is 5.32 Å². The van der Waals surface area contributed by atoms with Crippen LogP contribution < -0.4 is 5.32 Å². The molecule has 1 fully saturated rings. The SMILES string of the molecule is O=C(O)c1ccc(NC(=O)N2CCS(=O)CC2)cc1Cl. The molecular formula is C12H13ClN2O4S. The van der Waals surface area contributed by atoms with Crippen LogP contribution in [0.5, 0.6) is 0 Å². The lowest BCUT2D eigenvalue weighted by atomic mass is 10.2. The lowest BCUT2D eigenvalue weighted by Gasteiger charge is -2.26. The predicted octanol–water partition coefficient (Wildman–Crippen LogP) is 1.63. The molecule has 2 rings (SSSR count). The topological polar surface area (TPSA) is 86.7 Å². The quantitative estimate of drug-likeness (QED) is 0.868. The molecule has 1 aliphatic heterocycles. The molecule has 1 aromatic carbocycles. The van der Waals surface area contributed by atoms with Gasteiger partial charge in [0.2, 0.25) is 0 Å². The molecule has 0 aromatic heterocycles. The number of nitrogens with one attached hydrogen (secondary N) is 1. The predicted molar refractivity (Wildman–Crippen MR) is 76.9 cm³/mol. The molecule has 0 atom stereocenters. The fraction of sp³-hybridized carbons (Fsp3) is 0.333. The van der Waals surface area contributed by atoms with Gasteiger partial charge in [0.15, 0.2) is 0 Å². The van der Waals surface area contributed by atoms with E-state index in [-0.39, 0.29) is 16.6 Å². The van der Waals surface area contributed by atoms with Crippen LogP contribution in [-0.4, -0.2) is 50.8 Å². The minimum Gasteiger partial charge on any atom is -0.478 e. The van der Waals surface area contributed by atoms with Crippen LogP contribution in [0.3, 0.4) is 0 Å². The molecule has 0 bridgehead atoms. The summed E-state index contributed by atoms with van der Waals surface area (Å²) in [5, 5.41) is 11.6. The first kappa shape index (κ1) is 14.8. The van der Waals surface area contributed by atoms with Crippen molar-refractivity contribution < 1.29 is 18.9 Å². The number of anilines is 1. The maximum absolute atomic E-state index is 12.0. The van der Waals surface area contributed by atoms with Crippen LogP contribution in [0.2, 0.25) is 5.02 Å². The van der Waals surface area contributed by atoms with Gasteiger partial charge in [-0.2, -0.15) is 0 Å². The van der Waals surface area contributed by atoms with E-state index in [0.717, 1.165) is 0 Å². The van der Waals surface area contributed by atoms with Crippen LogP contribution in [-0.2, 0) is 10.8 Å². The Morgan fingerprint density at radius 3 is 2.50 bits per heavy atom. The second kappa shape index (κ2) is 6.23. The number of benzene rings is 1. The van der Waals surface area contributed by atoms with Crippen molar-refractivity contribution in [1.82, 2.24) is 4.90 Å². The first-order chi connectivity index (χ1) is 9.47. The van der Waals surface area contributed by atoms with E-state index in [1.54, 1.807) is 4.90 Å². The van der Waals surface area contributed by atoms with Crippen molar-refractivity contribution in [2.45, 2.75) is 0 Å². The highest BCUT2D eigenvalue weighted by Gasteiger charge is 2.20. The van der Waals surface area contributed by atoms with Gasteiger partial charge in [-0.25, -0.2) is 9.59 Å². The van der Waals surface area contributed by atoms with E-state index in [4.69, 9.17) is 16.7 Å². The number of carbonyl (C=O) groups excluding carboxylic acids is 1. The molecule has 1 aliphatic rings. The van der Waals surface area contributed by atoms with Gasteiger partial charge >= 0.3 is 12.0 Å². The summed E-state index contributed by atoms with van der Waals surface area (Å²) in [6.45, 7) is 0.888. The van der Waals surface area contributed by atoms with E-state index >= 15 is 0 Å². The molecular weight excluding hydrogens is 304 g/mol. The summed E-state index contributed by atoms with van der Waals surface area (Å²) in [5.41, 5.74) is 0.412. The summed E-state index contributed by atoms with van der Waals surface area (Å²) >= 11 is 5.83. The van der Waals surface area contributed by atoms with Crippen molar-refractivity contribution in [3.63, 3.8) is 0 Å². The van der Waals surface area contributed by atoms with Gasteiger partial charge in [-0.3, -0.25) is 4.21 Å². The number of urea groups is 1. The van der Waals surface area contributed by atoms with Crippen molar-refractivity contribution in [2.75, 3.05) is 29.9 Å². The number of carboxylic acid groups (broad SMARTS) is 1. The van der Waals surface area contributed by atoms with E-state index in [1.807, 2.05) is 0 Å². The Balaban J connectivity index is 2.03. The number of hydrogen-bond donors (Lipinski definition) is 2. The van der Waals surface area contributed by atoms with Gasteiger partial charge < -0.3 is 15.3 Å². The lowest BCUT2D eigenvalue weighted by Crippen LogP contribution is -2.43. The maximum Gasteiger partial charge on any atom is 0.337 e. The Labute approximate surface area is 123 Å². The average molecular weight is 317 g/mol. The Bertz CT molecular complexity index is 569. The summed E-state index contributed by atoms with van der Waals surface area (Å²) in [4.78, 5) is 24.4. The normalized spacial score (nSPS) is 15.9. The summed E-state index contributed by atoms with van der Waals surface area (Å²) in [7, 11) is -0.844. The summed E-state index contributed by atoms with van der Waals surface area (Å²) in [6.07, 6.45) is 0. The van der Waals surface area contributed by atoms with E-state index < -0.39 is 16.8 Å². The van der Waals surface area contributed by atoms with Crippen molar-refractivity contribution in [3.05, 3.63) is 28.8 Å². The molecule has 0 radical (unpaired) electrons. The van der Waals surface area contributed by atoms with Gasteiger partial charge in [0.25, 0.3) is 0 Å². The molecule has 6 nitrogen and oxygen atoms in total. The monoisotopic (exact) mass is 316 g/mol. The first-order valence-corrected chi connectivity index (χ1v) is 7.77. The summed E-state index contributed by atoms with van der Waals surface area (Å²) in [6, 6.07) is 3.91. The van der Waals surface area contributed by atoms with Crippen LogP contribution >= 0.6 is 11.6 Å². The van der Waals surface area contributed by atoms with Crippen molar-refractivity contribution in [2.24, 2.45) is 0 Å². The number of aromatic carboxylic acids is 1. The van der Waals surface area contributed by atoms with Crippen molar-refractivity contribution in [3.8, 4) is 0 Å². The van der Waals surface area contributed by atoms with Crippen LogP contribution in [0.4, 0.5) is 10.5 Å². The number of halogens is 1. The molecule has 108 valence electrons. The molecule has 0 spiro atoms. The van der Waals surface area contributed by atoms with Gasteiger partial charge in [-0.1, -0.05) is 11.6 Å². The Kier molecular flexibility index (Phi) is 4.61. The second-order valence-electron chi connectivity index (χ2n) is 4.27. The third kappa shape index (κ3) is 3.49. The van der Waals surface area contributed by atoms with Crippen LogP contribution in [0.25, 0.3) is 0 Å². The fourth-order valence-electron chi connectivity index (χ4n) is 1.81. The Hall–Kier alpha value is -1.60. The summed E-state index contributed by atoms with van der Waals surface area (Å²) in [5.74, 6) is -0.162. The lowest BCUT2D eigenvalue weighted by molar-refractivity contribution is 0.0697. The van der Waals surface area contributed by atoms with E-state index in [0.29, 0.717) is 30.3 Å². The highest BCUT2D eigenvalue weighted by atomic mass is 35.5. The first-order valence-electron chi connectivity index (χ1n) is 5.91. The maximum atomic E-state index is 12.0. The van der Waals surface area contributed by atoms with E-state index in [1.165, 1.54) is 18.2 Å². The average Bonchev–Trinajstić information content (AvgIpc) is 2.39. The third-order valence-electron chi connectivity index (χ3n) is 2.92. The van der Waals surface area contributed by atoms with Crippen molar-refractivity contribution >= 4 is 40.1 Å². The molecule has 1 aromatic rings. The minimum absolute atomic E-state index is 0.0157.